The number of halogens is 2. The van der Waals surface area contributed by atoms with E-state index in [4.69, 9.17) is 4.42 Å². The summed E-state index contributed by atoms with van der Waals surface area (Å²) in [5.74, 6) is -2.99. The SMILES string of the molecule is Cc1occc1C(=O)CC(=O)c1c(F)cccc1F. The van der Waals surface area contributed by atoms with Crippen LogP contribution < -0.4 is 0 Å². The summed E-state index contributed by atoms with van der Waals surface area (Å²) >= 11 is 0. The minimum atomic E-state index is -0.971. The van der Waals surface area contributed by atoms with E-state index in [9.17, 15) is 18.4 Å². The monoisotopic (exact) mass is 264 g/mol. The van der Waals surface area contributed by atoms with E-state index in [0.29, 0.717) is 5.76 Å². The molecule has 0 aliphatic heterocycles. The molecule has 1 aromatic heterocycles. The largest absolute Gasteiger partial charge is 0.469 e. The number of furan rings is 1. The second-order valence-electron chi connectivity index (χ2n) is 4.01. The average Bonchev–Trinajstić information content (AvgIpc) is 2.75. The molecule has 2 rings (SSSR count). The molecule has 2 aromatic rings. The predicted octanol–water partition coefficient (Wildman–Crippen LogP) is 3.32. The number of Topliss-reactive ketones (excluding diaryl/α,β-unsaturated/α-hetero) is 2. The normalized spacial score (nSPS) is 10.5. The van der Waals surface area contributed by atoms with Gasteiger partial charge in [-0.05, 0) is 25.1 Å². The molecule has 0 unspecified atom stereocenters. The van der Waals surface area contributed by atoms with Gasteiger partial charge in [0, 0.05) is 0 Å². The molecule has 5 heteroatoms. The molecule has 0 fully saturated rings. The average molecular weight is 264 g/mol. The molecule has 98 valence electrons. The zero-order valence-corrected chi connectivity index (χ0v) is 10.1. The van der Waals surface area contributed by atoms with Crippen LogP contribution in [0.15, 0.2) is 34.9 Å². The summed E-state index contributed by atoms with van der Waals surface area (Å²) in [5, 5.41) is 0. The van der Waals surface area contributed by atoms with Gasteiger partial charge in [0.2, 0.25) is 0 Å². The molecule has 0 saturated heterocycles. The number of carbonyl (C=O) groups excluding carboxylic acids is 2. The predicted molar refractivity (Wildman–Crippen MR) is 63.1 cm³/mol. The first-order chi connectivity index (χ1) is 9.00. The molecule has 0 bridgehead atoms. The van der Waals surface area contributed by atoms with E-state index >= 15 is 0 Å². The fraction of sp³-hybridized carbons (Fsp3) is 0.143. The minimum absolute atomic E-state index is 0.241. The van der Waals surface area contributed by atoms with Crippen LogP contribution in [0.1, 0.15) is 32.9 Å². The molecule has 0 radical (unpaired) electrons. The highest BCUT2D eigenvalue weighted by Gasteiger charge is 2.21. The van der Waals surface area contributed by atoms with Gasteiger partial charge in [-0.15, -0.1) is 0 Å². The van der Waals surface area contributed by atoms with Gasteiger partial charge in [-0.3, -0.25) is 9.59 Å². The van der Waals surface area contributed by atoms with Crippen molar-refractivity contribution in [1.82, 2.24) is 0 Å². The second-order valence-corrected chi connectivity index (χ2v) is 4.01. The topological polar surface area (TPSA) is 47.3 Å². The van der Waals surface area contributed by atoms with E-state index in [2.05, 4.69) is 0 Å². The zero-order chi connectivity index (χ0) is 14.0. The summed E-state index contributed by atoms with van der Waals surface area (Å²) in [7, 11) is 0. The van der Waals surface area contributed by atoms with Gasteiger partial charge in [0.1, 0.15) is 17.4 Å². The van der Waals surface area contributed by atoms with Crippen LogP contribution in [0.25, 0.3) is 0 Å². The Labute approximate surface area is 107 Å². The molecule has 0 saturated carbocycles. The van der Waals surface area contributed by atoms with Gasteiger partial charge in [0.15, 0.2) is 11.6 Å². The highest BCUT2D eigenvalue weighted by molar-refractivity contribution is 6.14. The fourth-order valence-electron chi connectivity index (χ4n) is 1.77. The van der Waals surface area contributed by atoms with Gasteiger partial charge >= 0.3 is 0 Å². The van der Waals surface area contributed by atoms with Gasteiger partial charge in [0.05, 0.1) is 23.8 Å². The summed E-state index contributed by atoms with van der Waals surface area (Å²) in [6, 6.07) is 4.53. The Bertz CT molecular complexity index is 624. The van der Waals surface area contributed by atoms with Crippen molar-refractivity contribution in [3.63, 3.8) is 0 Å². The Morgan fingerprint density at radius 3 is 2.26 bits per heavy atom. The molecular formula is C14H10F2O3. The van der Waals surface area contributed by atoms with Crippen LogP contribution in [0.4, 0.5) is 8.78 Å². The van der Waals surface area contributed by atoms with Crippen LogP contribution in [-0.2, 0) is 0 Å². The number of hydrogen-bond donors (Lipinski definition) is 0. The van der Waals surface area contributed by atoms with E-state index in [0.717, 1.165) is 18.2 Å². The van der Waals surface area contributed by atoms with Gasteiger partial charge in [-0.25, -0.2) is 8.78 Å². The van der Waals surface area contributed by atoms with E-state index in [1.807, 2.05) is 0 Å². The van der Waals surface area contributed by atoms with Gasteiger partial charge < -0.3 is 4.42 Å². The Morgan fingerprint density at radius 1 is 1.11 bits per heavy atom. The molecule has 0 aliphatic rings. The maximum Gasteiger partial charge on any atom is 0.176 e. The molecule has 3 nitrogen and oxygen atoms in total. The van der Waals surface area contributed by atoms with Gasteiger partial charge in [0.25, 0.3) is 0 Å². The lowest BCUT2D eigenvalue weighted by Crippen LogP contribution is -2.12. The number of hydrogen-bond acceptors (Lipinski definition) is 3. The molecular weight excluding hydrogens is 254 g/mol. The smallest absolute Gasteiger partial charge is 0.176 e. The molecule has 1 heterocycles. The lowest BCUT2D eigenvalue weighted by molar-refractivity contribution is 0.0889. The van der Waals surface area contributed by atoms with Crippen molar-refractivity contribution >= 4 is 11.6 Å². The van der Waals surface area contributed by atoms with Crippen molar-refractivity contribution in [2.24, 2.45) is 0 Å². The molecule has 0 N–H and O–H groups in total. The first-order valence-corrected chi connectivity index (χ1v) is 5.55. The lowest BCUT2D eigenvalue weighted by atomic mass is 10.0. The Balaban J connectivity index is 2.23. The third-order valence-electron chi connectivity index (χ3n) is 2.72. The van der Waals surface area contributed by atoms with Crippen molar-refractivity contribution < 1.29 is 22.8 Å². The highest BCUT2D eigenvalue weighted by Crippen LogP contribution is 2.17. The van der Waals surface area contributed by atoms with E-state index in [1.165, 1.54) is 12.3 Å². The number of aryl methyl sites for hydroxylation is 1. The summed E-state index contributed by atoms with van der Waals surface area (Å²) in [4.78, 5) is 23.6. The quantitative estimate of drug-likeness (QED) is 0.628. The number of carbonyl (C=O) groups is 2. The van der Waals surface area contributed by atoms with Gasteiger partial charge in [-0.2, -0.15) is 0 Å². The summed E-state index contributed by atoms with van der Waals surface area (Å²) in [5.41, 5.74) is -0.443. The zero-order valence-electron chi connectivity index (χ0n) is 10.1. The highest BCUT2D eigenvalue weighted by atomic mass is 19.1. The van der Waals surface area contributed by atoms with Crippen molar-refractivity contribution in [2.75, 3.05) is 0 Å². The standard InChI is InChI=1S/C14H10F2O3/c1-8-9(5-6-19-8)12(17)7-13(18)14-10(15)3-2-4-11(14)16/h2-6H,7H2,1H3. The van der Waals surface area contributed by atoms with E-state index in [1.54, 1.807) is 6.92 Å². The number of rotatable bonds is 4. The van der Waals surface area contributed by atoms with Crippen LogP contribution >= 0.6 is 0 Å². The van der Waals surface area contributed by atoms with Crippen LogP contribution in [0, 0.1) is 18.6 Å². The third kappa shape index (κ3) is 2.59. The number of benzene rings is 1. The molecule has 0 aliphatic carbocycles. The summed E-state index contributed by atoms with van der Waals surface area (Å²) < 4.78 is 31.7. The lowest BCUT2D eigenvalue weighted by Gasteiger charge is -2.03. The second kappa shape index (κ2) is 5.14. The maximum absolute atomic E-state index is 13.4. The Hall–Kier alpha value is -2.30. The van der Waals surface area contributed by atoms with E-state index in [-0.39, 0.29) is 5.56 Å². The van der Waals surface area contributed by atoms with E-state index < -0.39 is 35.2 Å². The minimum Gasteiger partial charge on any atom is -0.469 e. The summed E-state index contributed by atoms with van der Waals surface area (Å²) in [6.07, 6.45) is 0.717. The molecule has 0 atom stereocenters. The molecule has 0 spiro atoms. The van der Waals surface area contributed by atoms with Crippen LogP contribution in [0.5, 0.6) is 0 Å². The molecule has 19 heavy (non-hydrogen) atoms. The fourth-order valence-corrected chi connectivity index (χ4v) is 1.77. The van der Waals surface area contributed by atoms with Crippen molar-refractivity contribution in [3.05, 3.63) is 59.1 Å². The summed E-state index contributed by atoms with van der Waals surface area (Å²) in [6.45, 7) is 1.57. The van der Waals surface area contributed by atoms with Crippen LogP contribution in [0.2, 0.25) is 0 Å². The first-order valence-electron chi connectivity index (χ1n) is 5.55. The van der Waals surface area contributed by atoms with Crippen molar-refractivity contribution in [1.29, 1.82) is 0 Å². The Kier molecular flexibility index (Phi) is 3.55. The van der Waals surface area contributed by atoms with Crippen LogP contribution in [0.3, 0.4) is 0 Å². The molecule has 1 aromatic carbocycles. The van der Waals surface area contributed by atoms with Gasteiger partial charge in [-0.1, -0.05) is 6.07 Å². The first kappa shape index (κ1) is 13.1. The third-order valence-corrected chi connectivity index (χ3v) is 2.72. The number of ketones is 2. The van der Waals surface area contributed by atoms with Crippen molar-refractivity contribution in [2.45, 2.75) is 13.3 Å². The Morgan fingerprint density at radius 2 is 1.74 bits per heavy atom. The maximum atomic E-state index is 13.4. The molecule has 0 amide bonds. The van der Waals surface area contributed by atoms with Crippen LogP contribution in [-0.4, -0.2) is 11.6 Å². The van der Waals surface area contributed by atoms with Crippen molar-refractivity contribution in [3.8, 4) is 0 Å².